The Bertz CT molecular complexity index is 108. The van der Waals surface area contributed by atoms with Gasteiger partial charge in [0.2, 0.25) is 0 Å². The average molecular weight is 143 g/mol. The van der Waals surface area contributed by atoms with Gasteiger partial charge in [0.1, 0.15) is 0 Å². The fourth-order valence-corrected chi connectivity index (χ4v) is 0.495. The van der Waals surface area contributed by atoms with Gasteiger partial charge >= 0.3 is 5.97 Å². The average Bonchev–Trinajstić information content (AvgIpc) is 1.85. The van der Waals surface area contributed by atoms with Crippen molar-refractivity contribution in [1.29, 1.82) is 0 Å². The van der Waals surface area contributed by atoms with Crippen LogP contribution in [0, 0.1) is 12.8 Å². The van der Waals surface area contributed by atoms with E-state index in [1.165, 1.54) is 0 Å². The fourth-order valence-electron chi connectivity index (χ4n) is 0.495. The predicted molar refractivity (Wildman–Crippen MR) is 40.4 cm³/mol. The summed E-state index contributed by atoms with van der Waals surface area (Å²) in [6.45, 7) is 9.22. The monoisotopic (exact) mass is 143 g/mol. The Hall–Kier alpha value is -0.530. The molecule has 0 heterocycles. The molecule has 1 unspecified atom stereocenters. The molecule has 0 aliphatic heterocycles. The maximum Gasteiger partial charge on any atom is 0.309 e. The lowest BCUT2D eigenvalue weighted by Crippen LogP contribution is -2.18. The van der Waals surface area contributed by atoms with Crippen LogP contribution in [0.15, 0.2) is 0 Å². The summed E-state index contributed by atoms with van der Waals surface area (Å²) in [6.07, 6.45) is 0.717. The molecule has 0 amide bonds. The quantitative estimate of drug-likeness (QED) is 0.563. The van der Waals surface area contributed by atoms with Crippen molar-refractivity contribution < 1.29 is 9.53 Å². The summed E-state index contributed by atoms with van der Waals surface area (Å²) in [6, 6.07) is 0. The Morgan fingerprint density at radius 2 is 2.10 bits per heavy atom. The maximum atomic E-state index is 10.9. The molecule has 2 nitrogen and oxygen atoms in total. The summed E-state index contributed by atoms with van der Waals surface area (Å²) in [7, 11) is 0. The number of ether oxygens (including phenoxy) is 1. The van der Waals surface area contributed by atoms with Gasteiger partial charge in [0.25, 0.3) is 0 Å². The molecule has 0 aromatic rings. The second-order valence-electron chi connectivity index (χ2n) is 2.59. The Labute approximate surface area is 62.6 Å². The largest absolute Gasteiger partial charge is 0.463 e. The molecule has 0 bridgehead atoms. The van der Waals surface area contributed by atoms with Gasteiger partial charge in [0, 0.05) is 0 Å². The normalized spacial score (nSPS) is 13.3. The van der Waals surface area contributed by atoms with Gasteiger partial charge < -0.3 is 4.74 Å². The summed E-state index contributed by atoms with van der Waals surface area (Å²) >= 11 is 0. The van der Waals surface area contributed by atoms with Crippen LogP contribution in [-0.4, -0.2) is 12.1 Å². The first kappa shape index (κ1) is 9.47. The third-order valence-electron chi connectivity index (χ3n) is 1.18. The minimum absolute atomic E-state index is 0.0247. The highest BCUT2D eigenvalue weighted by molar-refractivity contribution is 5.73. The molecule has 0 fully saturated rings. The van der Waals surface area contributed by atoms with Gasteiger partial charge in [0.05, 0.1) is 12.0 Å². The minimum atomic E-state index is -0.206. The van der Waals surface area contributed by atoms with E-state index in [9.17, 15) is 4.79 Å². The Morgan fingerprint density at radius 3 is 2.40 bits per heavy atom. The van der Waals surface area contributed by atoms with Gasteiger partial charge in [-0.05, 0) is 27.2 Å². The molecule has 0 rings (SSSR count). The molecule has 1 atom stereocenters. The third-order valence-corrected chi connectivity index (χ3v) is 1.18. The van der Waals surface area contributed by atoms with Crippen molar-refractivity contribution in [2.75, 3.05) is 0 Å². The highest BCUT2D eigenvalue weighted by atomic mass is 16.5. The van der Waals surface area contributed by atoms with Crippen molar-refractivity contribution in [3.8, 4) is 0 Å². The summed E-state index contributed by atoms with van der Waals surface area (Å²) in [5.41, 5.74) is 0. The second-order valence-corrected chi connectivity index (χ2v) is 2.59. The highest BCUT2D eigenvalue weighted by Gasteiger charge is 2.12. The molecule has 10 heavy (non-hydrogen) atoms. The molecule has 0 saturated carbocycles. The van der Waals surface area contributed by atoms with E-state index in [0.29, 0.717) is 0 Å². The molecule has 59 valence electrons. The van der Waals surface area contributed by atoms with E-state index in [0.717, 1.165) is 6.42 Å². The molecule has 0 aliphatic rings. The second kappa shape index (κ2) is 4.31. The lowest BCUT2D eigenvalue weighted by Gasteiger charge is -2.11. The Balaban J connectivity index is 3.62. The summed E-state index contributed by atoms with van der Waals surface area (Å²) in [4.78, 5) is 10.9. The molecule has 2 heteroatoms. The zero-order valence-corrected chi connectivity index (χ0v) is 6.89. The molecular formula is C8H15O2. The molecule has 0 aromatic heterocycles. The number of rotatable bonds is 3. The van der Waals surface area contributed by atoms with Crippen LogP contribution in [0.25, 0.3) is 0 Å². The maximum absolute atomic E-state index is 10.9. The van der Waals surface area contributed by atoms with Gasteiger partial charge in [-0.3, -0.25) is 4.79 Å². The number of carbonyl (C=O) groups excluding carboxylic acids is 1. The van der Waals surface area contributed by atoms with Gasteiger partial charge in [0.15, 0.2) is 0 Å². The predicted octanol–water partition coefficient (Wildman–Crippen LogP) is 1.80. The standard InChI is InChI=1S/C8H15O2/c1-5-7(4)8(9)10-6(2)3/h6-7H,4-5H2,1-3H3. The van der Waals surface area contributed by atoms with Crippen molar-refractivity contribution in [2.45, 2.75) is 33.3 Å². The van der Waals surface area contributed by atoms with Gasteiger partial charge in [-0.1, -0.05) is 6.92 Å². The molecule has 1 radical (unpaired) electrons. The number of esters is 1. The van der Waals surface area contributed by atoms with Crippen molar-refractivity contribution >= 4 is 5.97 Å². The summed E-state index contributed by atoms with van der Waals surface area (Å²) in [5.74, 6) is -0.403. The Kier molecular flexibility index (Phi) is 4.08. The van der Waals surface area contributed by atoms with Crippen molar-refractivity contribution in [3.05, 3.63) is 6.92 Å². The molecule has 0 saturated heterocycles. The number of hydrogen-bond acceptors (Lipinski definition) is 2. The first-order valence-corrected chi connectivity index (χ1v) is 3.61. The molecule has 0 spiro atoms. The summed E-state index contributed by atoms with van der Waals surface area (Å²) < 4.78 is 4.90. The van der Waals surface area contributed by atoms with Crippen molar-refractivity contribution in [3.63, 3.8) is 0 Å². The lowest BCUT2D eigenvalue weighted by atomic mass is 10.1. The van der Waals surface area contributed by atoms with Crippen LogP contribution >= 0.6 is 0 Å². The van der Waals surface area contributed by atoms with E-state index in [1.807, 2.05) is 20.8 Å². The van der Waals surface area contributed by atoms with E-state index in [4.69, 9.17) is 4.74 Å². The first-order chi connectivity index (χ1) is 4.57. The van der Waals surface area contributed by atoms with E-state index in [2.05, 4.69) is 6.92 Å². The third kappa shape index (κ3) is 3.49. The zero-order valence-electron chi connectivity index (χ0n) is 6.89. The van der Waals surface area contributed by atoms with E-state index in [1.54, 1.807) is 0 Å². The van der Waals surface area contributed by atoms with Gasteiger partial charge in [-0.15, -0.1) is 0 Å². The van der Waals surface area contributed by atoms with E-state index < -0.39 is 0 Å². The van der Waals surface area contributed by atoms with Gasteiger partial charge in [-0.25, -0.2) is 0 Å². The molecule has 0 N–H and O–H groups in total. The zero-order chi connectivity index (χ0) is 8.15. The number of carbonyl (C=O) groups is 1. The van der Waals surface area contributed by atoms with Crippen LogP contribution in [0.4, 0.5) is 0 Å². The SMILES string of the molecule is [CH2]C(CC)C(=O)OC(C)C. The van der Waals surface area contributed by atoms with Crippen LogP contribution < -0.4 is 0 Å². The summed E-state index contributed by atoms with van der Waals surface area (Å²) in [5, 5.41) is 0. The Morgan fingerprint density at radius 1 is 1.60 bits per heavy atom. The number of hydrogen-bond donors (Lipinski definition) is 0. The van der Waals surface area contributed by atoms with Crippen LogP contribution in [0.1, 0.15) is 27.2 Å². The van der Waals surface area contributed by atoms with Crippen molar-refractivity contribution in [2.24, 2.45) is 5.92 Å². The van der Waals surface area contributed by atoms with Crippen LogP contribution in [0.2, 0.25) is 0 Å². The lowest BCUT2D eigenvalue weighted by molar-refractivity contribution is -0.150. The van der Waals surface area contributed by atoms with Crippen LogP contribution in [0.5, 0.6) is 0 Å². The van der Waals surface area contributed by atoms with E-state index >= 15 is 0 Å². The van der Waals surface area contributed by atoms with Crippen molar-refractivity contribution in [1.82, 2.24) is 0 Å². The smallest absolute Gasteiger partial charge is 0.309 e. The first-order valence-electron chi connectivity index (χ1n) is 3.61. The van der Waals surface area contributed by atoms with Gasteiger partial charge in [-0.2, -0.15) is 0 Å². The molecule has 0 aliphatic carbocycles. The molecular weight excluding hydrogens is 128 g/mol. The van der Waals surface area contributed by atoms with Crippen LogP contribution in [0.3, 0.4) is 0 Å². The topological polar surface area (TPSA) is 26.3 Å². The van der Waals surface area contributed by atoms with E-state index in [-0.39, 0.29) is 18.0 Å². The van der Waals surface area contributed by atoms with Crippen LogP contribution in [-0.2, 0) is 9.53 Å². The fraction of sp³-hybridized carbons (Fsp3) is 0.750. The highest BCUT2D eigenvalue weighted by Crippen LogP contribution is 2.04. The minimum Gasteiger partial charge on any atom is -0.463 e. The molecule has 0 aromatic carbocycles.